The molecule has 0 atom stereocenters. The molecule has 0 fully saturated rings. The zero-order valence-electron chi connectivity index (χ0n) is 29.8. The summed E-state index contributed by atoms with van der Waals surface area (Å²) in [5.74, 6) is 0. The second kappa shape index (κ2) is 20.7. The Morgan fingerprint density at radius 2 is 0.917 bits per heavy atom. The Bertz CT molecular complexity index is 1550. The standard InChI is InChI=1S/C33H46N2.2C6H5.Ni/c1-5-8-11-12-13-14-16-28-18-22-29(23-19-28)32-26(4)31(17-10-7-3)33(35(32)34)30-24-20-27(21-25-30)15-9-6-2;2*1-2-4-6-5-3-1;/h18-25H,5-17H2,1-4H3;2*1-5H;. The Labute approximate surface area is 297 Å². The Kier molecular flexibility index (Phi) is 16.1. The van der Waals surface area contributed by atoms with E-state index in [9.17, 15) is 5.53 Å². The SMILES string of the molecule is CCCCCCCCc1ccc(C2=C(C)C(CCCC)=C(c3ccc(CCCC)cc3)[N+]2=[N-])cc1.c1cc[c]([Ni][c]2ccccc2)cc1. The van der Waals surface area contributed by atoms with E-state index in [4.69, 9.17) is 0 Å². The molecule has 0 amide bonds. The summed E-state index contributed by atoms with van der Waals surface area (Å²) in [5.41, 5.74) is 20.8. The molecule has 0 spiro atoms. The van der Waals surface area contributed by atoms with Crippen molar-refractivity contribution in [2.75, 3.05) is 0 Å². The average molecular weight is 684 g/mol. The van der Waals surface area contributed by atoms with Gasteiger partial charge in [0, 0.05) is 22.3 Å². The number of rotatable bonds is 17. The van der Waals surface area contributed by atoms with Gasteiger partial charge in [-0.05, 0) is 80.8 Å². The molecule has 2 nitrogen and oxygen atoms in total. The van der Waals surface area contributed by atoms with E-state index in [1.807, 2.05) is 12.1 Å². The Morgan fingerprint density at radius 3 is 1.44 bits per heavy atom. The number of allylic oxidation sites excluding steroid dienone is 2. The Morgan fingerprint density at radius 1 is 0.479 bits per heavy atom. The van der Waals surface area contributed by atoms with Crippen LogP contribution in [-0.2, 0) is 27.3 Å². The van der Waals surface area contributed by atoms with Gasteiger partial charge in [-0.2, -0.15) is 0 Å². The summed E-state index contributed by atoms with van der Waals surface area (Å²) in [6, 6.07) is 38.6. The molecule has 0 saturated carbocycles. The van der Waals surface area contributed by atoms with Crippen LogP contribution in [0.5, 0.6) is 0 Å². The van der Waals surface area contributed by atoms with Gasteiger partial charge in [0.05, 0.1) is 0 Å². The number of aryl methyl sites for hydroxylation is 2. The van der Waals surface area contributed by atoms with Crippen molar-refractivity contribution >= 4 is 20.5 Å². The van der Waals surface area contributed by atoms with Crippen molar-refractivity contribution in [3.05, 3.63) is 148 Å². The molecule has 4 aromatic carbocycles. The van der Waals surface area contributed by atoms with Crippen molar-refractivity contribution in [1.82, 2.24) is 0 Å². The van der Waals surface area contributed by atoms with Gasteiger partial charge in [0.2, 0.25) is 11.4 Å². The summed E-state index contributed by atoms with van der Waals surface area (Å²) < 4.78 is 4.08. The molecule has 0 N–H and O–H groups in total. The van der Waals surface area contributed by atoms with E-state index in [2.05, 4.69) is 125 Å². The molecule has 1 heterocycles. The van der Waals surface area contributed by atoms with Crippen LogP contribution in [-0.4, -0.2) is 4.70 Å². The second-order valence-electron chi connectivity index (χ2n) is 12.8. The van der Waals surface area contributed by atoms with E-state index in [-0.39, 0.29) is 0 Å². The number of hydrogen-bond acceptors (Lipinski definition) is 0. The minimum absolute atomic E-state index is 0.937. The zero-order chi connectivity index (χ0) is 34.0. The van der Waals surface area contributed by atoms with E-state index in [0.717, 1.165) is 54.6 Å². The molecule has 0 unspecified atom stereocenters. The van der Waals surface area contributed by atoms with Crippen molar-refractivity contribution in [1.29, 1.82) is 0 Å². The number of hydrogen-bond donors (Lipinski definition) is 0. The van der Waals surface area contributed by atoms with Crippen LogP contribution in [0.3, 0.4) is 0 Å². The van der Waals surface area contributed by atoms with Crippen LogP contribution < -0.4 is 9.07 Å². The van der Waals surface area contributed by atoms with Crippen LogP contribution in [0.15, 0.2) is 120 Å². The molecule has 0 aliphatic carbocycles. The molecule has 48 heavy (non-hydrogen) atoms. The number of benzene rings is 4. The second-order valence-corrected chi connectivity index (χ2v) is 14.2. The summed E-state index contributed by atoms with van der Waals surface area (Å²) in [5, 5.41) is 0. The first-order chi connectivity index (χ1) is 23.5. The van der Waals surface area contributed by atoms with Crippen molar-refractivity contribution in [3.63, 3.8) is 0 Å². The van der Waals surface area contributed by atoms with Gasteiger partial charge in [-0.15, -0.1) is 0 Å². The average Bonchev–Trinajstić information content (AvgIpc) is 3.37. The first-order valence-corrected chi connectivity index (χ1v) is 19.3. The predicted molar refractivity (Wildman–Crippen MR) is 203 cm³/mol. The molecule has 0 radical (unpaired) electrons. The van der Waals surface area contributed by atoms with Gasteiger partial charge in [0.25, 0.3) is 0 Å². The third kappa shape index (κ3) is 11.3. The zero-order valence-corrected chi connectivity index (χ0v) is 30.8. The molecule has 5 rings (SSSR count). The van der Waals surface area contributed by atoms with Gasteiger partial charge in [0.15, 0.2) is 0 Å². The normalized spacial score (nSPS) is 12.9. The topological polar surface area (TPSA) is 25.3 Å². The molecular formula is C45H56N2Ni. The fourth-order valence-electron chi connectivity index (χ4n) is 6.18. The summed E-state index contributed by atoms with van der Waals surface area (Å²) in [6.07, 6.45) is 15.9. The van der Waals surface area contributed by atoms with E-state index >= 15 is 0 Å². The first-order valence-electron chi connectivity index (χ1n) is 18.4. The van der Waals surface area contributed by atoms with Crippen molar-refractivity contribution in [2.45, 2.75) is 111 Å². The van der Waals surface area contributed by atoms with Crippen molar-refractivity contribution < 1.29 is 19.1 Å². The molecular weight excluding hydrogens is 627 g/mol. The van der Waals surface area contributed by atoms with Crippen LogP contribution in [0.2, 0.25) is 0 Å². The van der Waals surface area contributed by atoms with Crippen LogP contribution >= 0.6 is 0 Å². The van der Waals surface area contributed by atoms with Crippen LogP contribution in [0.1, 0.15) is 121 Å². The molecule has 0 bridgehead atoms. The Hall–Kier alpha value is -3.55. The van der Waals surface area contributed by atoms with Gasteiger partial charge < -0.3 is 5.53 Å². The third-order valence-electron chi connectivity index (χ3n) is 9.00. The molecule has 3 heteroatoms. The fraction of sp³-hybridized carbons (Fsp3) is 0.378. The monoisotopic (exact) mass is 682 g/mol. The molecule has 4 aromatic rings. The van der Waals surface area contributed by atoms with Crippen molar-refractivity contribution in [3.8, 4) is 0 Å². The summed E-state index contributed by atoms with van der Waals surface area (Å²) in [6.45, 7) is 8.91. The quantitative estimate of drug-likeness (QED) is 0.0601. The van der Waals surface area contributed by atoms with Gasteiger partial charge in [-0.3, -0.25) is 0 Å². The van der Waals surface area contributed by atoms with Crippen molar-refractivity contribution in [2.24, 2.45) is 0 Å². The number of nitrogens with zero attached hydrogens (tertiary/aromatic N) is 2. The van der Waals surface area contributed by atoms with Gasteiger partial charge in [-0.25, -0.2) is 4.70 Å². The molecule has 1 aliphatic heterocycles. The minimum atomic E-state index is 0.937. The summed E-state index contributed by atoms with van der Waals surface area (Å²) in [4.78, 5) is 0. The maximum atomic E-state index is 11.4. The summed E-state index contributed by atoms with van der Waals surface area (Å²) >= 11 is 1.60. The summed E-state index contributed by atoms with van der Waals surface area (Å²) in [7, 11) is 0. The molecule has 256 valence electrons. The van der Waals surface area contributed by atoms with Gasteiger partial charge in [-0.1, -0.05) is 90.0 Å². The molecule has 0 aromatic heterocycles. The van der Waals surface area contributed by atoms with E-state index in [0.29, 0.717) is 0 Å². The fourth-order valence-corrected chi connectivity index (χ4v) is 7.22. The van der Waals surface area contributed by atoms with E-state index in [1.54, 1.807) is 14.4 Å². The molecule has 0 saturated heterocycles. The third-order valence-corrected chi connectivity index (χ3v) is 10.2. The van der Waals surface area contributed by atoms with Crippen LogP contribution in [0.4, 0.5) is 0 Å². The Balaban J connectivity index is 0.000000331. The van der Waals surface area contributed by atoms with E-state index in [1.165, 1.54) is 87.4 Å². The first kappa shape index (κ1) is 37.3. The van der Waals surface area contributed by atoms with Crippen LogP contribution in [0.25, 0.3) is 16.9 Å². The predicted octanol–water partition coefficient (Wildman–Crippen LogP) is 12.0. The number of unbranched alkanes of at least 4 members (excludes halogenated alkanes) is 7. The maximum absolute atomic E-state index is 11.4. The molecule has 1 aliphatic rings. The van der Waals surface area contributed by atoms with E-state index < -0.39 is 0 Å². The van der Waals surface area contributed by atoms with Gasteiger partial charge >= 0.3 is 84.2 Å². The van der Waals surface area contributed by atoms with Gasteiger partial charge in [0.1, 0.15) is 0 Å². The van der Waals surface area contributed by atoms with Crippen LogP contribution in [0, 0.1) is 0 Å².